The van der Waals surface area contributed by atoms with Crippen LogP contribution in [0.25, 0.3) is 0 Å². The number of allylic oxidation sites excluding steroid dienone is 1. The van der Waals surface area contributed by atoms with Crippen LogP contribution < -0.4 is 10.4 Å². The number of carbonyl (C=O) groups excluding carboxylic acids is 3. The number of nitrogens with zero attached hydrogens (tertiary/aromatic N) is 1. The fourth-order valence-electron chi connectivity index (χ4n) is 7.36. The first kappa shape index (κ1) is 32.4. The van der Waals surface area contributed by atoms with Crippen molar-refractivity contribution in [2.24, 2.45) is 17.8 Å². The lowest BCUT2D eigenvalue weighted by atomic mass is 9.56. The number of anilines is 1. The summed E-state index contributed by atoms with van der Waals surface area (Å²) < 4.78 is 16.6. The third kappa shape index (κ3) is 5.43. The second-order valence-electron chi connectivity index (χ2n) is 12.6. The van der Waals surface area contributed by atoms with Crippen molar-refractivity contribution < 1.29 is 43.6 Å². The first-order valence-corrected chi connectivity index (χ1v) is 15.3. The fraction of sp³-hybridized carbons (Fsp3) is 0.594. The van der Waals surface area contributed by atoms with E-state index in [9.17, 15) is 24.6 Å². The lowest BCUT2D eigenvalue weighted by Crippen LogP contribution is -2.66. The standard InChI is InChI=1S/C32H41ClN2O9/c1-16(2)19-11-10-18(4)32(40)21(19)14-17(3)27(42-25(37)13-12-24(36)41-6)28(32)43-29(38)23-15-31(39)20-8-7-9-22(33)26(20)35(5)44-30(31)34-23/h7-9,14,18-19,21,23,27-28,30,34,39-40H,1,10-13,15H2,2-6H3/t18-,19+,21-,23+,27-,28+,30-,31-,32-/m1/s1. The van der Waals surface area contributed by atoms with E-state index in [0.717, 1.165) is 12.0 Å². The Balaban J connectivity index is 1.45. The third-order valence-electron chi connectivity index (χ3n) is 9.80. The summed E-state index contributed by atoms with van der Waals surface area (Å²) in [4.78, 5) is 44.4. The summed E-state index contributed by atoms with van der Waals surface area (Å²) in [6, 6.07) is 4.11. The maximum atomic E-state index is 13.9. The molecular weight excluding hydrogens is 592 g/mol. The Morgan fingerprint density at radius 2 is 1.89 bits per heavy atom. The number of benzene rings is 1. The number of aliphatic hydroxyl groups is 2. The summed E-state index contributed by atoms with van der Waals surface area (Å²) in [5, 5.41) is 29.2. The smallest absolute Gasteiger partial charge is 0.323 e. The van der Waals surface area contributed by atoms with Crippen molar-refractivity contribution in [1.82, 2.24) is 5.32 Å². The summed E-state index contributed by atoms with van der Waals surface area (Å²) >= 11 is 6.41. The average molecular weight is 633 g/mol. The number of hydrogen-bond acceptors (Lipinski definition) is 11. The predicted octanol–water partition coefficient (Wildman–Crippen LogP) is 3.30. The molecule has 0 bridgehead atoms. The Bertz CT molecular complexity index is 1380. The highest BCUT2D eigenvalue weighted by Gasteiger charge is 2.62. The zero-order valence-electron chi connectivity index (χ0n) is 25.7. The van der Waals surface area contributed by atoms with Crippen molar-refractivity contribution in [2.45, 2.75) is 88.6 Å². The Labute approximate surface area is 262 Å². The second-order valence-corrected chi connectivity index (χ2v) is 13.0. The Morgan fingerprint density at radius 1 is 1.18 bits per heavy atom. The van der Waals surface area contributed by atoms with Crippen molar-refractivity contribution in [1.29, 1.82) is 0 Å². The van der Waals surface area contributed by atoms with E-state index >= 15 is 0 Å². The van der Waals surface area contributed by atoms with Crippen molar-refractivity contribution >= 4 is 35.2 Å². The van der Waals surface area contributed by atoms with Crippen molar-refractivity contribution in [3.63, 3.8) is 0 Å². The maximum absolute atomic E-state index is 13.9. The number of nitrogens with one attached hydrogen (secondary N) is 1. The molecular formula is C32H41ClN2O9. The minimum Gasteiger partial charge on any atom is -0.469 e. The molecule has 4 aliphatic rings. The van der Waals surface area contributed by atoms with Gasteiger partial charge < -0.3 is 24.4 Å². The summed E-state index contributed by atoms with van der Waals surface area (Å²) in [6.45, 7) is 9.72. The monoisotopic (exact) mass is 632 g/mol. The maximum Gasteiger partial charge on any atom is 0.323 e. The van der Waals surface area contributed by atoms with Crippen LogP contribution in [0.5, 0.6) is 0 Å². The van der Waals surface area contributed by atoms with Gasteiger partial charge in [0.05, 0.1) is 30.7 Å². The van der Waals surface area contributed by atoms with Gasteiger partial charge in [-0.15, -0.1) is 0 Å². The number of esters is 3. The van der Waals surface area contributed by atoms with E-state index in [1.807, 2.05) is 19.9 Å². The molecule has 1 aromatic rings. The van der Waals surface area contributed by atoms with E-state index in [0.29, 0.717) is 28.3 Å². The molecule has 2 heterocycles. The van der Waals surface area contributed by atoms with Crippen LogP contribution in [-0.2, 0) is 39.0 Å². The molecule has 0 amide bonds. The lowest BCUT2D eigenvalue weighted by molar-refractivity contribution is -0.221. The van der Waals surface area contributed by atoms with E-state index < -0.39 is 59.5 Å². The summed E-state index contributed by atoms with van der Waals surface area (Å²) in [5.41, 5.74) is -0.682. The molecule has 1 aromatic carbocycles. The van der Waals surface area contributed by atoms with Crippen LogP contribution in [0.2, 0.25) is 5.02 Å². The van der Waals surface area contributed by atoms with Crippen LogP contribution in [0, 0.1) is 17.8 Å². The number of halogens is 1. The first-order chi connectivity index (χ1) is 20.7. The highest BCUT2D eigenvalue weighted by atomic mass is 35.5. The molecule has 9 atom stereocenters. The quantitative estimate of drug-likeness (QED) is 0.231. The van der Waals surface area contributed by atoms with Gasteiger partial charge >= 0.3 is 17.9 Å². The number of hydrogen-bond donors (Lipinski definition) is 3. The van der Waals surface area contributed by atoms with E-state index in [4.69, 9.17) is 25.9 Å². The summed E-state index contributed by atoms with van der Waals surface area (Å²) in [7, 11) is 2.89. The highest BCUT2D eigenvalue weighted by Crippen LogP contribution is 2.53. The van der Waals surface area contributed by atoms with Gasteiger partial charge in [-0.05, 0) is 50.2 Å². The van der Waals surface area contributed by atoms with Gasteiger partial charge in [0.25, 0.3) is 0 Å². The van der Waals surface area contributed by atoms with Gasteiger partial charge in [0.15, 0.2) is 18.4 Å². The van der Waals surface area contributed by atoms with Crippen molar-refractivity contribution in [2.75, 3.05) is 19.2 Å². The highest BCUT2D eigenvalue weighted by molar-refractivity contribution is 6.33. The summed E-state index contributed by atoms with van der Waals surface area (Å²) in [6.07, 6.45) is -0.538. The molecule has 2 fully saturated rings. The molecule has 44 heavy (non-hydrogen) atoms. The Kier molecular flexibility index (Phi) is 8.91. The van der Waals surface area contributed by atoms with Gasteiger partial charge in [-0.3, -0.25) is 29.6 Å². The van der Waals surface area contributed by atoms with E-state index in [1.165, 1.54) is 12.2 Å². The molecule has 11 nitrogen and oxygen atoms in total. The van der Waals surface area contributed by atoms with E-state index in [2.05, 4.69) is 16.6 Å². The van der Waals surface area contributed by atoms with Crippen LogP contribution in [0.15, 0.2) is 42.0 Å². The molecule has 3 N–H and O–H groups in total. The molecule has 1 saturated carbocycles. The number of fused-ring (bicyclic) bond motifs is 4. The van der Waals surface area contributed by atoms with Gasteiger partial charge in [0.2, 0.25) is 0 Å². The van der Waals surface area contributed by atoms with Crippen LogP contribution >= 0.6 is 11.6 Å². The van der Waals surface area contributed by atoms with Crippen molar-refractivity contribution in [3.05, 3.63) is 52.6 Å². The second kappa shape index (κ2) is 12.1. The van der Waals surface area contributed by atoms with Crippen molar-refractivity contribution in [3.8, 4) is 0 Å². The Morgan fingerprint density at radius 3 is 2.57 bits per heavy atom. The largest absolute Gasteiger partial charge is 0.469 e. The average Bonchev–Trinajstić information content (AvgIpc) is 3.32. The third-order valence-corrected chi connectivity index (χ3v) is 10.1. The topological polar surface area (TPSA) is 144 Å². The first-order valence-electron chi connectivity index (χ1n) is 14.9. The Hall–Kier alpha value is -2.96. The number of rotatable bonds is 7. The van der Waals surface area contributed by atoms with Gasteiger partial charge in [-0.25, -0.2) is 0 Å². The summed E-state index contributed by atoms with van der Waals surface area (Å²) in [5.74, 6) is -2.85. The molecule has 0 unspecified atom stereocenters. The number of carbonyl (C=O) groups is 3. The number of ether oxygens (including phenoxy) is 3. The van der Waals surface area contributed by atoms with Crippen LogP contribution in [0.3, 0.4) is 0 Å². The minimum absolute atomic E-state index is 0.0818. The van der Waals surface area contributed by atoms with Gasteiger partial charge in [-0.2, -0.15) is 0 Å². The minimum atomic E-state index is -1.60. The molecule has 2 aliphatic carbocycles. The van der Waals surface area contributed by atoms with E-state index in [-0.39, 0.29) is 31.1 Å². The fourth-order valence-corrected chi connectivity index (χ4v) is 7.66. The van der Waals surface area contributed by atoms with Gasteiger partial charge in [0.1, 0.15) is 17.2 Å². The van der Waals surface area contributed by atoms with Crippen LogP contribution in [0.1, 0.15) is 58.4 Å². The predicted molar refractivity (Wildman–Crippen MR) is 160 cm³/mol. The van der Waals surface area contributed by atoms with Gasteiger partial charge in [0, 0.05) is 24.9 Å². The van der Waals surface area contributed by atoms with Crippen LogP contribution in [-0.4, -0.2) is 72.4 Å². The molecule has 2 aliphatic heterocycles. The molecule has 0 aromatic heterocycles. The molecule has 240 valence electrons. The normalized spacial score (nSPS) is 35.9. The number of para-hydroxylation sites is 1. The molecule has 0 spiro atoms. The molecule has 12 heteroatoms. The number of hydroxylamine groups is 1. The zero-order chi connectivity index (χ0) is 32.1. The lowest BCUT2D eigenvalue weighted by Gasteiger charge is -2.55. The SMILES string of the molecule is C=C(C)[C@@H]1CC[C@@H](C)[C@@]2(O)[C@@H]1C=C(C)[C@@H](OC(=O)CCC(=O)OC)[C@@H]2OC(=O)[C@@H]1C[C@@]2(O)c3cccc(Cl)c3N(C)O[C@H]2N1. The van der Waals surface area contributed by atoms with E-state index in [1.54, 1.807) is 32.2 Å². The zero-order valence-corrected chi connectivity index (χ0v) is 26.4. The van der Waals surface area contributed by atoms with Gasteiger partial charge in [-0.1, -0.05) is 48.9 Å². The molecule has 0 radical (unpaired) electrons. The molecule has 5 rings (SSSR count). The number of methoxy groups -OCH3 is 1. The molecule has 1 saturated heterocycles. The van der Waals surface area contributed by atoms with Crippen LogP contribution in [0.4, 0.5) is 5.69 Å².